The molecule has 0 aliphatic carbocycles. The maximum absolute atomic E-state index is 6.33. The summed E-state index contributed by atoms with van der Waals surface area (Å²) in [6.45, 7) is 2.68. The molecule has 2 aromatic carbocycles. The molecule has 0 saturated heterocycles. The lowest BCUT2D eigenvalue weighted by molar-refractivity contribution is 0.335. The summed E-state index contributed by atoms with van der Waals surface area (Å²) in [6, 6.07) is 16.8. The molecule has 0 aliphatic rings. The molecule has 1 atom stereocenters. The zero-order valence-corrected chi connectivity index (χ0v) is 13.8. The molecule has 2 aromatic rings. The lowest BCUT2D eigenvalue weighted by atomic mass is 9.99. The van der Waals surface area contributed by atoms with Crippen LogP contribution in [-0.2, 0) is 12.8 Å². The Bertz CT molecular complexity index is 578. The van der Waals surface area contributed by atoms with Crippen molar-refractivity contribution < 1.29 is 4.74 Å². The van der Waals surface area contributed by atoms with Crippen molar-refractivity contribution in [2.75, 3.05) is 25.6 Å². The predicted octanol–water partition coefficient (Wildman–Crippen LogP) is 3.26. The summed E-state index contributed by atoms with van der Waals surface area (Å²) in [7, 11) is 4.09. The van der Waals surface area contributed by atoms with Gasteiger partial charge in [-0.3, -0.25) is 0 Å². The van der Waals surface area contributed by atoms with Gasteiger partial charge in [0.15, 0.2) is 0 Å². The number of nitrogens with zero attached hydrogens (tertiary/aromatic N) is 1. The fourth-order valence-corrected chi connectivity index (χ4v) is 2.56. The molecular formula is C19H26N2O. The van der Waals surface area contributed by atoms with E-state index in [1.54, 1.807) is 0 Å². The number of anilines is 1. The van der Waals surface area contributed by atoms with Gasteiger partial charge in [-0.2, -0.15) is 0 Å². The van der Waals surface area contributed by atoms with E-state index in [4.69, 9.17) is 10.5 Å². The third-order valence-electron chi connectivity index (χ3n) is 3.71. The molecule has 3 heteroatoms. The van der Waals surface area contributed by atoms with Crippen LogP contribution in [-0.4, -0.2) is 26.7 Å². The van der Waals surface area contributed by atoms with Crippen LogP contribution in [0.2, 0.25) is 0 Å². The Hall–Kier alpha value is -2.00. The van der Waals surface area contributed by atoms with Crippen LogP contribution in [0.4, 0.5) is 5.69 Å². The highest BCUT2D eigenvalue weighted by molar-refractivity contribution is 5.46. The third-order valence-corrected chi connectivity index (χ3v) is 3.71. The van der Waals surface area contributed by atoms with Gasteiger partial charge in [-0.25, -0.2) is 0 Å². The number of hydrogen-bond donors (Lipinski definition) is 1. The zero-order valence-electron chi connectivity index (χ0n) is 13.8. The molecule has 22 heavy (non-hydrogen) atoms. The van der Waals surface area contributed by atoms with Gasteiger partial charge in [-0.15, -0.1) is 0 Å². The molecule has 118 valence electrons. The summed E-state index contributed by atoms with van der Waals surface area (Å²) < 4.78 is 5.67. The Morgan fingerprint density at radius 1 is 1.00 bits per heavy atom. The summed E-state index contributed by atoms with van der Waals surface area (Å²) in [5.74, 6) is 0.948. The Labute approximate surface area is 133 Å². The quantitative estimate of drug-likeness (QED) is 0.852. The number of hydrogen-bond acceptors (Lipinski definition) is 3. The average molecular weight is 298 g/mol. The third kappa shape index (κ3) is 4.50. The molecule has 2 N–H and O–H groups in total. The van der Waals surface area contributed by atoms with Gasteiger partial charge >= 0.3 is 0 Å². The van der Waals surface area contributed by atoms with Crippen molar-refractivity contribution in [1.82, 2.24) is 0 Å². The van der Waals surface area contributed by atoms with Crippen molar-refractivity contribution >= 4 is 5.69 Å². The van der Waals surface area contributed by atoms with Crippen molar-refractivity contribution in [3.8, 4) is 5.75 Å². The first-order chi connectivity index (χ1) is 10.6. The smallest absolute Gasteiger partial charge is 0.122 e. The van der Waals surface area contributed by atoms with Gasteiger partial charge in [0.1, 0.15) is 5.75 Å². The van der Waals surface area contributed by atoms with Crippen LogP contribution >= 0.6 is 0 Å². The van der Waals surface area contributed by atoms with Gasteiger partial charge in [-0.1, -0.05) is 30.3 Å². The van der Waals surface area contributed by atoms with E-state index in [1.165, 1.54) is 16.8 Å². The number of nitrogens with two attached hydrogens (primary N) is 1. The first-order valence-electron chi connectivity index (χ1n) is 7.82. The first kappa shape index (κ1) is 16.4. The Morgan fingerprint density at radius 3 is 2.32 bits per heavy atom. The lowest BCUT2D eigenvalue weighted by Crippen LogP contribution is -2.25. The average Bonchev–Trinajstić information content (AvgIpc) is 2.50. The number of rotatable bonds is 7. The van der Waals surface area contributed by atoms with Crippen molar-refractivity contribution in [2.45, 2.75) is 25.8 Å². The van der Waals surface area contributed by atoms with Crippen LogP contribution in [0.25, 0.3) is 0 Å². The topological polar surface area (TPSA) is 38.5 Å². The lowest BCUT2D eigenvalue weighted by Gasteiger charge is -2.16. The van der Waals surface area contributed by atoms with Crippen LogP contribution in [0.15, 0.2) is 48.5 Å². The molecule has 0 bridgehead atoms. The maximum Gasteiger partial charge on any atom is 0.122 e. The van der Waals surface area contributed by atoms with Crippen LogP contribution in [0.1, 0.15) is 18.1 Å². The van der Waals surface area contributed by atoms with Gasteiger partial charge in [0, 0.05) is 25.8 Å². The van der Waals surface area contributed by atoms with Gasteiger partial charge < -0.3 is 15.4 Å². The van der Waals surface area contributed by atoms with Crippen molar-refractivity contribution in [1.29, 1.82) is 0 Å². The van der Waals surface area contributed by atoms with Gasteiger partial charge in [0.2, 0.25) is 0 Å². The second-order valence-electron chi connectivity index (χ2n) is 5.77. The molecule has 0 aliphatic heterocycles. The second-order valence-corrected chi connectivity index (χ2v) is 5.77. The fraction of sp³-hybridized carbons (Fsp3) is 0.368. The van der Waals surface area contributed by atoms with Crippen molar-refractivity contribution in [3.05, 3.63) is 59.7 Å². The van der Waals surface area contributed by atoms with E-state index >= 15 is 0 Å². The second kappa shape index (κ2) is 7.85. The van der Waals surface area contributed by atoms with Crippen molar-refractivity contribution in [3.63, 3.8) is 0 Å². The molecule has 0 aromatic heterocycles. The summed E-state index contributed by atoms with van der Waals surface area (Å²) in [5, 5.41) is 0. The molecule has 2 rings (SSSR count). The summed E-state index contributed by atoms with van der Waals surface area (Å²) in [5.41, 5.74) is 9.99. The summed E-state index contributed by atoms with van der Waals surface area (Å²) in [4.78, 5) is 2.10. The van der Waals surface area contributed by atoms with Crippen LogP contribution in [0, 0.1) is 0 Å². The van der Waals surface area contributed by atoms with Crippen LogP contribution < -0.4 is 15.4 Å². The van der Waals surface area contributed by atoms with Gasteiger partial charge in [0.05, 0.1) is 6.61 Å². The molecule has 0 amide bonds. The minimum atomic E-state index is 0.0896. The first-order valence-corrected chi connectivity index (χ1v) is 7.82. The number of ether oxygens (including phenoxy) is 1. The molecular weight excluding hydrogens is 272 g/mol. The van der Waals surface area contributed by atoms with E-state index in [0.29, 0.717) is 6.61 Å². The standard InChI is InChI=1S/C19H26N2O/c1-4-22-19-8-6-5-7-16(19)14-17(20)13-15-9-11-18(12-10-15)21(2)3/h5-12,17H,4,13-14,20H2,1-3H3. The minimum Gasteiger partial charge on any atom is -0.494 e. The fourth-order valence-electron chi connectivity index (χ4n) is 2.56. The summed E-state index contributed by atoms with van der Waals surface area (Å²) in [6.07, 6.45) is 1.69. The number of para-hydroxylation sites is 1. The zero-order chi connectivity index (χ0) is 15.9. The molecule has 0 heterocycles. The van der Waals surface area contributed by atoms with E-state index in [2.05, 4.69) is 35.2 Å². The molecule has 1 unspecified atom stereocenters. The highest BCUT2D eigenvalue weighted by atomic mass is 16.5. The highest BCUT2D eigenvalue weighted by Crippen LogP contribution is 2.20. The Balaban J connectivity index is 1.99. The minimum absolute atomic E-state index is 0.0896. The molecule has 0 radical (unpaired) electrons. The highest BCUT2D eigenvalue weighted by Gasteiger charge is 2.10. The molecule has 0 saturated carbocycles. The molecule has 0 spiro atoms. The monoisotopic (exact) mass is 298 g/mol. The van der Waals surface area contributed by atoms with Crippen molar-refractivity contribution in [2.24, 2.45) is 5.73 Å². The molecule has 0 fully saturated rings. The normalized spacial score (nSPS) is 12.0. The van der Waals surface area contributed by atoms with Gasteiger partial charge in [-0.05, 0) is 49.1 Å². The Kier molecular flexibility index (Phi) is 5.84. The largest absolute Gasteiger partial charge is 0.494 e. The predicted molar refractivity (Wildman–Crippen MR) is 93.8 cm³/mol. The van der Waals surface area contributed by atoms with Crippen LogP contribution in [0.5, 0.6) is 5.75 Å². The SMILES string of the molecule is CCOc1ccccc1CC(N)Cc1ccc(N(C)C)cc1. The van der Waals surface area contributed by atoms with E-state index in [1.807, 2.05) is 39.2 Å². The number of benzene rings is 2. The maximum atomic E-state index is 6.33. The van der Waals surface area contributed by atoms with E-state index in [9.17, 15) is 0 Å². The van der Waals surface area contributed by atoms with Crippen LogP contribution in [0.3, 0.4) is 0 Å². The van der Waals surface area contributed by atoms with E-state index < -0.39 is 0 Å². The van der Waals surface area contributed by atoms with E-state index in [0.717, 1.165) is 18.6 Å². The summed E-state index contributed by atoms with van der Waals surface area (Å²) >= 11 is 0. The van der Waals surface area contributed by atoms with E-state index in [-0.39, 0.29) is 6.04 Å². The van der Waals surface area contributed by atoms with Gasteiger partial charge in [0.25, 0.3) is 0 Å². The Morgan fingerprint density at radius 2 is 1.68 bits per heavy atom. The molecule has 3 nitrogen and oxygen atoms in total.